The van der Waals surface area contributed by atoms with Gasteiger partial charge >= 0.3 is 0 Å². The van der Waals surface area contributed by atoms with Gasteiger partial charge in [-0.1, -0.05) is 30.3 Å². The number of benzene rings is 3. The maximum Gasteiger partial charge on any atom is 0.134 e. The second-order valence-corrected chi connectivity index (χ2v) is 7.21. The molecule has 0 heterocycles. The predicted octanol–water partition coefficient (Wildman–Crippen LogP) is 4.65. The van der Waals surface area contributed by atoms with Crippen LogP contribution in [-0.2, 0) is 13.2 Å². The van der Waals surface area contributed by atoms with Gasteiger partial charge in [-0.25, -0.2) is 0 Å². The summed E-state index contributed by atoms with van der Waals surface area (Å²) in [5.74, 6) is 1.90. The van der Waals surface area contributed by atoms with Gasteiger partial charge in [0.15, 0.2) is 0 Å². The molecule has 158 valence electrons. The molecule has 0 spiro atoms. The lowest BCUT2D eigenvalue weighted by Gasteiger charge is -2.20. The molecule has 3 rings (SSSR count). The second-order valence-electron chi connectivity index (χ2n) is 7.21. The summed E-state index contributed by atoms with van der Waals surface area (Å²) in [4.78, 5) is 0. The van der Waals surface area contributed by atoms with Crippen molar-refractivity contribution in [1.82, 2.24) is 0 Å². The van der Waals surface area contributed by atoms with Crippen LogP contribution in [0.25, 0.3) is 22.3 Å². The predicted molar refractivity (Wildman–Crippen MR) is 118 cm³/mol. The summed E-state index contributed by atoms with van der Waals surface area (Å²) in [5.41, 5.74) is 6.84. The molecule has 30 heavy (non-hydrogen) atoms. The van der Waals surface area contributed by atoms with Gasteiger partial charge in [0.25, 0.3) is 0 Å². The van der Waals surface area contributed by atoms with E-state index in [-0.39, 0.29) is 13.2 Å². The van der Waals surface area contributed by atoms with Crippen LogP contribution >= 0.6 is 0 Å². The van der Waals surface area contributed by atoms with E-state index < -0.39 is 0 Å². The Balaban J connectivity index is 2.34. The van der Waals surface area contributed by atoms with Gasteiger partial charge in [-0.3, -0.25) is 0 Å². The Morgan fingerprint density at radius 2 is 1.00 bits per heavy atom. The Morgan fingerprint density at radius 1 is 0.600 bits per heavy atom. The first-order valence-electron chi connectivity index (χ1n) is 9.73. The molecule has 0 bridgehead atoms. The van der Waals surface area contributed by atoms with E-state index in [0.29, 0.717) is 17.2 Å². The molecule has 3 aromatic carbocycles. The first kappa shape index (κ1) is 21.7. The molecule has 2 N–H and O–H groups in total. The lowest BCUT2D eigenvalue weighted by Crippen LogP contribution is -2.00. The number of methoxy groups -OCH3 is 3. The summed E-state index contributed by atoms with van der Waals surface area (Å²) < 4.78 is 17.2. The van der Waals surface area contributed by atoms with Crippen molar-refractivity contribution in [3.8, 4) is 39.5 Å². The van der Waals surface area contributed by atoms with Crippen LogP contribution in [0.15, 0.2) is 42.5 Å². The first-order valence-corrected chi connectivity index (χ1v) is 9.73. The zero-order valence-corrected chi connectivity index (χ0v) is 18.1. The van der Waals surface area contributed by atoms with Gasteiger partial charge in [-0.05, 0) is 37.1 Å². The molecular weight excluding hydrogens is 380 g/mol. The number of ether oxygens (including phenoxy) is 3. The van der Waals surface area contributed by atoms with Crippen LogP contribution < -0.4 is 14.2 Å². The molecule has 0 saturated heterocycles. The van der Waals surface area contributed by atoms with Crippen LogP contribution in [0.4, 0.5) is 0 Å². The van der Waals surface area contributed by atoms with Crippen molar-refractivity contribution in [3.63, 3.8) is 0 Å². The number of rotatable bonds is 7. The van der Waals surface area contributed by atoms with Crippen molar-refractivity contribution in [1.29, 1.82) is 0 Å². The molecule has 3 aromatic rings. The molecule has 5 nitrogen and oxygen atoms in total. The highest BCUT2D eigenvalue weighted by molar-refractivity contribution is 5.88. The number of aliphatic hydroxyl groups excluding tert-OH is 2. The van der Waals surface area contributed by atoms with Crippen LogP contribution in [0.2, 0.25) is 0 Å². The third-order valence-corrected chi connectivity index (χ3v) is 5.17. The molecule has 5 heteroatoms. The molecule has 0 amide bonds. The van der Waals surface area contributed by atoms with Crippen molar-refractivity contribution in [2.75, 3.05) is 21.3 Å². The minimum Gasteiger partial charge on any atom is -0.496 e. The average Bonchev–Trinajstić information content (AvgIpc) is 2.76. The topological polar surface area (TPSA) is 68.2 Å². The quantitative estimate of drug-likeness (QED) is 0.596. The summed E-state index contributed by atoms with van der Waals surface area (Å²) in [7, 11) is 4.83. The minimum absolute atomic E-state index is 0.120. The highest BCUT2D eigenvalue weighted by Gasteiger charge is 2.21. The Bertz CT molecular complexity index is 976. The van der Waals surface area contributed by atoms with Crippen molar-refractivity contribution in [3.05, 3.63) is 64.7 Å². The van der Waals surface area contributed by atoms with Gasteiger partial charge < -0.3 is 24.4 Å². The van der Waals surface area contributed by atoms with Crippen LogP contribution in [0.5, 0.6) is 17.2 Å². The van der Waals surface area contributed by atoms with Crippen LogP contribution in [0, 0.1) is 13.8 Å². The molecule has 0 fully saturated rings. The van der Waals surface area contributed by atoms with Gasteiger partial charge in [0.2, 0.25) is 0 Å². The van der Waals surface area contributed by atoms with Crippen molar-refractivity contribution >= 4 is 0 Å². The van der Waals surface area contributed by atoms with E-state index in [1.165, 1.54) is 0 Å². The molecule has 0 atom stereocenters. The number of aliphatic hydroxyl groups is 2. The van der Waals surface area contributed by atoms with E-state index in [1.807, 2.05) is 56.3 Å². The lowest BCUT2D eigenvalue weighted by molar-refractivity contribution is 0.273. The van der Waals surface area contributed by atoms with E-state index in [1.54, 1.807) is 21.3 Å². The summed E-state index contributed by atoms with van der Waals surface area (Å²) >= 11 is 0. The molecule has 0 aliphatic heterocycles. The molecule has 0 aromatic heterocycles. The zero-order valence-electron chi connectivity index (χ0n) is 18.1. The summed E-state index contributed by atoms with van der Waals surface area (Å²) in [6, 6.07) is 13.8. The molecule has 0 aliphatic carbocycles. The summed E-state index contributed by atoms with van der Waals surface area (Å²) in [5, 5.41) is 19.6. The Morgan fingerprint density at radius 3 is 1.33 bits per heavy atom. The SMILES string of the molecule is COc1c(CO)cc(C)cc1-c1cccc(-c2cc(C)cc(CO)c2OC)c1OC. The Labute approximate surface area is 177 Å². The highest BCUT2D eigenvalue weighted by atomic mass is 16.5. The van der Waals surface area contributed by atoms with Gasteiger partial charge in [0.1, 0.15) is 17.2 Å². The fraction of sp³-hybridized carbons (Fsp3) is 0.280. The summed E-state index contributed by atoms with van der Waals surface area (Å²) in [6.45, 7) is 3.72. The second kappa shape index (κ2) is 9.20. The van der Waals surface area contributed by atoms with Crippen LogP contribution in [0.3, 0.4) is 0 Å². The van der Waals surface area contributed by atoms with E-state index in [0.717, 1.165) is 44.5 Å². The fourth-order valence-electron chi connectivity index (χ4n) is 3.99. The van der Waals surface area contributed by atoms with Gasteiger partial charge in [0, 0.05) is 33.4 Å². The Hall–Kier alpha value is -3.02. The third-order valence-electron chi connectivity index (χ3n) is 5.17. The van der Waals surface area contributed by atoms with Gasteiger partial charge in [0.05, 0.1) is 34.5 Å². The molecule has 0 aliphatic rings. The normalized spacial score (nSPS) is 10.8. The molecule has 0 unspecified atom stereocenters. The van der Waals surface area contributed by atoms with E-state index >= 15 is 0 Å². The van der Waals surface area contributed by atoms with E-state index in [4.69, 9.17) is 14.2 Å². The smallest absolute Gasteiger partial charge is 0.134 e. The first-order chi connectivity index (χ1) is 14.5. The van der Waals surface area contributed by atoms with Gasteiger partial charge in [-0.2, -0.15) is 0 Å². The van der Waals surface area contributed by atoms with Crippen LogP contribution in [0.1, 0.15) is 22.3 Å². The Kier molecular flexibility index (Phi) is 6.65. The zero-order chi connectivity index (χ0) is 21.8. The molecular formula is C25H28O5. The lowest BCUT2D eigenvalue weighted by atomic mass is 9.92. The summed E-state index contributed by atoms with van der Waals surface area (Å²) in [6.07, 6.45) is 0. The standard InChI is InChI=1S/C25H28O5/c1-15-9-17(13-26)23(28-3)21(11-15)19-7-6-8-20(25(19)30-5)22-12-16(2)10-18(14-27)24(22)29-4/h6-12,26-27H,13-14H2,1-5H3. The average molecular weight is 408 g/mol. The number of para-hydroxylation sites is 1. The van der Waals surface area contributed by atoms with Crippen molar-refractivity contribution in [2.24, 2.45) is 0 Å². The third kappa shape index (κ3) is 3.86. The van der Waals surface area contributed by atoms with Crippen molar-refractivity contribution < 1.29 is 24.4 Å². The monoisotopic (exact) mass is 408 g/mol. The number of hydrogen-bond donors (Lipinski definition) is 2. The fourth-order valence-corrected chi connectivity index (χ4v) is 3.99. The maximum absolute atomic E-state index is 9.81. The van der Waals surface area contributed by atoms with E-state index in [2.05, 4.69) is 0 Å². The number of hydrogen-bond acceptors (Lipinski definition) is 5. The van der Waals surface area contributed by atoms with Crippen molar-refractivity contribution in [2.45, 2.75) is 27.1 Å². The molecule has 0 radical (unpaired) electrons. The molecule has 0 saturated carbocycles. The van der Waals surface area contributed by atoms with Crippen LogP contribution in [-0.4, -0.2) is 31.5 Å². The van der Waals surface area contributed by atoms with Gasteiger partial charge in [-0.15, -0.1) is 0 Å². The largest absolute Gasteiger partial charge is 0.496 e. The minimum atomic E-state index is -0.120. The number of aryl methyl sites for hydroxylation is 2. The highest BCUT2D eigenvalue weighted by Crippen LogP contribution is 2.46. The van der Waals surface area contributed by atoms with E-state index in [9.17, 15) is 10.2 Å². The maximum atomic E-state index is 9.81.